The molecule has 7 heteroatoms. The summed E-state index contributed by atoms with van der Waals surface area (Å²) in [7, 11) is 1.64. The number of thiazole rings is 1. The van der Waals surface area contributed by atoms with Crippen LogP contribution in [0.3, 0.4) is 0 Å². The van der Waals surface area contributed by atoms with Crippen molar-refractivity contribution in [2.75, 3.05) is 26.5 Å². The van der Waals surface area contributed by atoms with Gasteiger partial charge in [-0.2, -0.15) is 0 Å². The van der Waals surface area contributed by atoms with E-state index < -0.39 is 0 Å². The zero-order valence-corrected chi connectivity index (χ0v) is 14.6. The van der Waals surface area contributed by atoms with Crippen molar-refractivity contribution in [3.63, 3.8) is 0 Å². The molecule has 1 aliphatic rings. The molecule has 5 nitrogen and oxygen atoms in total. The SMILES string of the molecule is COc1cccc2c1OC[C@H](CNC(=O)c1csc(SC)n1)C2. The molecule has 0 spiro atoms. The smallest absolute Gasteiger partial charge is 0.270 e. The molecule has 1 atom stereocenters. The van der Waals surface area contributed by atoms with Crippen LogP contribution in [-0.4, -0.2) is 37.4 Å². The molecule has 3 rings (SSSR count). The first kappa shape index (κ1) is 16.1. The molecule has 0 saturated heterocycles. The van der Waals surface area contributed by atoms with Crippen molar-refractivity contribution in [3.05, 3.63) is 34.8 Å². The number of carbonyl (C=O) groups excluding carboxylic acids is 1. The highest BCUT2D eigenvalue weighted by Gasteiger charge is 2.23. The van der Waals surface area contributed by atoms with E-state index in [0.29, 0.717) is 18.8 Å². The molecular formula is C16H18N2O3S2. The lowest BCUT2D eigenvalue weighted by Crippen LogP contribution is -2.35. The van der Waals surface area contributed by atoms with Gasteiger partial charge in [-0.15, -0.1) is 11.3 Å². The van der Waals surface area contributed by atoms with Gasteiger partial charge in [-0.1, -0.05) is 23.9 Å². The number of rotatable bonds is 5. The molecule has 0 unspecified atom stereocenters. The van der Waals surface area contributed by atoms with Crippen molar-refractivity contribution in [3.8, 4) is 11.5 Å². The molecular weight excluding hydrogens is 332 g/mol. The number of hydrogen-bond donors (Lipinski definition) is 1. The molecule has 1 N–H and O–H groups in total. The number of benzene rings is 1. The van der Waals surface area contributed by atoms with Crippen LogP contribution >= 0.6 is 23.1 Å². The van der Waals surface area contributed by atoms with E-state index in [2.05, 4.69) is 10.3 Å². The Balaban J connectivity index is 1.58. The van der Waals surface area contributed by atoms with E-state index in [-0.39, 0.29) is 11.8 Å². The average molecular weight is 350 g/mol. The van der Waals surface area contributed by atoms with Crippen molar-refractivity contribution >= 4 is 29.0 Å². The van der Waals surface area contributed by atoms with Gasteiger partial charge in [0.1, 0.15) is 10.0 Å². The molecule has 122 valence electrons. The third-order valence-corrected chi connectivity index (χ3v) is 5.56. The number of amides is 1. The lowest BCUT2D eigenvalue weighted by molar-refractivity contribution is 0.0933. The molecule has 0 aliphatic carbocycles. The van der Waals surface area contributed by atoms with Crippen LogP contribution in [0.25, 0.3) is 0 Å². The van der Waals surface area contributed by atoms with Gasteiger partial charge in [0.2, 0.25) is 0 Å². The normalized spacial score (nSPS) is 16.3. The van der Waals surface area contributed by atoms with Crippen LogP contribution in [0, 0.1) is 5.92 Å². The second kappa shape index (κ2) is 7.23. The van der Waals surface area contributed by atoms with Crippen molar-refractivity contribution in [2.24, 2.45) is 5.92 Å². The standard InChI is InChI=1S/C16H18N2O3S2/c1-20-13-5-3-4-11-6-10(8-21-14(11)13)7-17-15(19)12-9-23-16(18-12)22-2/h3-5,9-10H,6-8H2,1-2H3,(H,17,19)/t10-/m0/s1. The predicted molar refractivity (Wildman–Crippen MR) is 91.9 cm³/mol. The largest absolute Gasteiger partial charge is 0.493 e. The molecule has 0 saturated carbocycles. The molecule has 0 radical (unpaired) electrons. The minimum atomic E-state index is -0.127. The van der Waals surface area contributed by atoms with Crippen molar-refractivity contribution in [2.45, 2.75) is 10.8 Å². The maximum absolute atomic E-state index is 12.1. The van der Waals surface area contributed by atoms with Gasteiger partial charge in [0.15, 0.2) is 11.5 Å². The first-order valence-electron chi connectivity index (χ1n) is 7.27. The van der Waals surface area contributed by atoms with Crippen LogP contribution in [0.1, 0.15) is 16.1 Å². The van der Waals surface area contributed by atoms with Gasteiger partial charge in [-0.3, -0.25) is 4.79 Å². The van der Waals surface area contributed by atoms with Gasteiger partial charge in [0.25, 0.3) is 5.91 Å². The van der Waals surface area contributed by atoms with Crippen molar-refractivity contribution in [1.29, 1.82) is 0 Å². The number of hydrogen-bond acceptors (Lipinski definition) is 6. The number of ether oxygens (including phenoxy) is 2. The van der Waals surface area contributed by atoms with Crippen LogP contribution in [0.15, 0.2) is 27.9 Å². The van der Waals surface area contributed by atoms with Crippen LogP contribution in [0.5, 0.6) is 11.5 Å². The van der Waals surface area contributed by atoms with E-state index in [1.807, 2.05) is 24.5 Å². The van der Waals surface area contributed by atoms with Gasteiger partial charge in [-0.05, 0) is 24.3 Å². The fraction of sp³-hybridized carbons (Fsp3) is 0.375. The number of thioether (sulfide) groups is 1. The summed E-state index contributed by atoms with van der Waals surface area (Å²) in [4.78, 5) is 16.4. The highest BCUT2D eigenvalue weighted by molar-refractivity contribution is 8.00. The number of aromatic nitrogens is 1. The summed E-state index contributed by atoms with van der Waals surface area (Å²) in [6.07, 6.45) is 2.81. The number of nitrogens with zero attached hydrogens (tertiary/aromatic N) is 1. The fourth-order valence-electron chi connectivity index (χ4n) is 2.53. The summed E-state index contributed by atoms with van der Waals surface area (Å²) in [6.45, 7) is 1.14. The van der Waals surface area contributed by atoms with Crippen LogP contribution in [0.4, 0.5) is 0 Å². The summed E-state index contributed by atoms with van der Waals surface area (Å²) < 4.78 is 12.0. The molecule has 1 aromatic carbocycles. The summed E-state index contributed by atoms with van der Waals surface area (Å²) >= 11 is 3.03. The van der Waals surface area contributed by atoms with E-state index in [0.717, 1.165) is 27.8 Å². The molecule has 0 fully saturated rings. The molecule has 2 aromatic rings. The zero-order valence-electron chi connectivity index (χ0n) is 13.0. The van der Waals surface area contributed by atoms with E-state index in [1.54, 1.807) is 24.3 Å². The maximum atomic E-state index is 12.1. The molecule has 2 heterocycles. The lowest BCUT2D eigenvalue weighted by atomic mass is 9.96. The first-order chi connectivity index (χ1) is 11.2. The predicted octanol–water partition coefficient (Wildman–Crippen LogP) is 2.85. The van der Waals surface area contributed by atoms with Crippen molar-refractivity contribution in [1.82, 2.24) is 10.3 Å². The summed E-state index contributed by atoms with van der Waals surface area (Å²) in [5, 5.41) is 4.74. The van der Waals surface area contributed by atoms with Gasteiger partial charge in [0, 0.05) is 17.8 Å². The Morgan fingerprint density at radius 3 is 3.17 bits per heavy atom. The van der Waals surface area contributed by atoms with Crippen molar-refractivity contribution < 1.29 is 14.3 Å². The number of carbonyl (C=O) groups is 1. The van der Waals surface area contributed by atoms with E-state index in [9.17, 15) is 4.79 Å². The molecule has 1 aliphatic heterocycles. The number of fused-ring (bicyclic) bond motifs is 1. The highest BCUT2D eigenvalue weighted by Crippen LogP contribution is 2.35. The Morgan fingerprint density at radius 1 is 1.57 bits per heavy atom. The van der Waals surface area contributed by atoms with Crippen LogP contribution in [-0.2, 0) is 6.42 Å². The van der Waals surface area contributed by atoms with Gasteiger partial charge in [0.05, 0.1) is 13.7 Å². The number of methoxy groups -OCH3 is 1. The van der Waals surface area contributed by atoms with Gasteiger partial charge >= 0.3 is 0 Å². The Kier molecular flexibility index (Phi) is 5.07. The van der Waals surface area contributed by atoms with E-state index in [4.69, 9.17) is 9.47 Å². The highest BCUT2D eigenvalue weighted by atomic mass is 32.2. The maximum Gasteiger partial charge on any atom is 0.270 e. The Labute approximate surface area is 143 Å². The molecule has 0 bridgehead atoms. The van der Waals surface area contributed by atoms with Crippen LogP contribution in [0.2, 0.25) is 0 Å². The summed E-state index contributed by atoms with van der Waals surface area (Å²) in [5.41, 5.74) is 1.60. The number of nitrogens with one attached hydrogen (secondary N) is 1. The third-order valence-electron chi connectivity index (χ3n) is 3.69. The third kappa shape index (κ3) is 3.61. The Bertz CT molecular complexity index is 702. The Morgan fingerprint density at radius 2 is 2.43 bits per heavy atom. The number of para-hydroxylation sites is 1. The van der Waals surface area contributed by atoms with Gasteiger partial charge in [-0.25, -0.2) is 4.98 Å². The van der Waals surface area contributed by atoms with Crippen LogP contribution < -0.4 is 14.8 Å². The lowest BCUT2D eigenvalue weighted by Gasteiger charge is -2.26. The second-order valence-corrected chi connectivity index (χ2v) is 7.15. The average Bonchev–Trinajstić information content (AvgIpc) is 3.08. The molecule has 1 aromatic heterocycles. The summed E-state index contributed by atoms with van der Waals surface area (Å²) in [6, 6.07) is 5.89. The first-order valence-corrected chi connectivity index (χ1v) is 9.38. The van der Waals surface area contributed by atoms with E-state index in [1.165, 1.54) is 11.3 Å². The minimum Gasteiger partial charge on any atom is -0.493 e. The minimum absolute atomic E-state index is 0.127. The molecule has 1 amide bonds. The zero-order chi connectivity index (χ0) is 16.2. The fourth-order valence-corrected chi connectivity index (χ4v) is 3.77. The van der Waals surface area contributed by atoms with E-state index >= 15 is 0 Å². The molecule has 23 heavy (non-hydrogen) atoms. The topological polar surface area (TPSA) is 60.5 Å². The summed E-state index contributed by atoms with van der Waals surface area (Å²) in [5.74, 6) is 1.70. The quantitative estimate of drug-likeness (QED) is 0.840. The monoisotopic (exact) mass is 350 g/mol. The Hall–Kier alpha value is -1.73. The second-order valence-electron chi connectivity index (χ2n) is 5.24. The van der Waals surface area contributed by atoms with Gasteiger partial charge < -0.3 is 14.8 Å².